The van der Waals surface area contributed by atoms with E-state index in [0.29, 0.717) is 5.89 Å². The van der Waals surface area contributed by atoms with Crippen LogP contribution in [0.1, 0.15) is 0 Å². The smallest absolute Gasteiger partial charge is 0.227 e. The molecule has 0 spiro atoms. The van der Waals surface area contributed by atoms with E-state index in [4.69, 9.17) is 13.8 Å². The van der Waals surface area contributed by atoms with E-state index >= 15 is 0 Å². The summed E-state index contributed by atoms with van der Waals surface area (Å²) in [6.07, 6.45) is 0. The first kappa shape index (κ1) is 30.3. The topological polar surface area (TPSA) is 47.3 Å². The zero-order valence-corrected chi connectivity index (χ0v) is 29.1. The first-order valence-electron chi connectivity index (χ1n) is 18.1. The van der Waals surface area contributed by atoms with Crippen molar-refractivity contribution >= 4 is 71.9 Å². The fraction of sp³-hybridized carbons (Fsp3) is 0. The van der Waals surface area contributed by atoms with Crippen LogP contribution in [0.4, 0.5) is 17.1 Å². The summed E-state index contributed by atoms with van der Waals surface area (Å²) in [6.45, 7) is 0. The normalized spacial score (nSPS) is 11.7. The van der Waals surface area contributed by atoms with Crippen LogP contribution >= 0.6 is 0 Å². The van der Waals surface area contributed by atoms with Gasteiger partial charge in [0.1, 0.15) is 16.7 Å². The molecule has 3 heterocycles. The predicted octanol–water partition coefficient (Wildman–Crippen LogP) is 13.6. The zero-order chi connectivity index (χ0) is 35.6. The summed E-state index contributed by atoms with van der Waals surface area (Å²) in [5.41, 5.74) is 12.9. The van der Waals surface area contributed by atoms with Gasteiger partial charge in [0.15, 0.2) is 5.58 Å². The number of furan rings is 1. The molecule has 8 aromatic carbocycles. The van der Waals surface area contributed by atoms with Crippen molar-refractivity contribution < 1.29 is 8.83 Å². The molecule has 0 fully saturated rings. The van der Waals surface area contributed by atoms with E-state index in [1.807, 2.05) is 42.5 Å². The van der Waals surface area contributed by atoms with Gasteiger partial charge in [0.2, 0.25) is 5.89 Å². The molecular weight excluding hydrogens is 663 g/mol. The van der Waals surface area contributed by atoms with Gasteiger partial charge in [0.25, 0.3) is 0 Å². The van der Waals surface area contributed by atoms with Crippen LogP contribution in [0.25, 0.3) is 83.1 Å². The number of aromatic nitrogens is 2. The second kappa shape index (κ2) is 12.1. The van der Waals surface area contributed by atoms with Crippen LogP contribution in [0.5, 0.6) is 0 Å². The highest BCUT2D eigenvalue weighted by Gasteiger charge is 2.22. The minimum atomic E-state index is 0.594. The lowest BCUT2D eigenvalue weighted by molar-refractivity contribution is 0.619. The van der Waals surface area contributed by atoms with Crippen molar-refractivity contribution in [1.82, 2.24) is 9.55 Å². The zero-order valence-electron chi connectivity index (χ0n) is 29.1. The Morgan fingerprint density at radius 3 is 1.93 bits per heavy atom. The maximum Gasteiger partial charge on any atom is 0.227 e. The highest BCUT2D eigenvalue weighted by Crippen LogP contribution is 2.45. The Labute approximate surface area is 310 Å². The van der Waals surface area contributed by atoms with E-state index in [1.54, 1.807) is 0 Å². The van der Waals surface area contributed by atoms with Gasteiger partial charge in [-0.25, -0.2) is 4.98 Å². The molecule has 3 aromatic heterocycles. The molecule has 0 atom stereocenters. The van der Waals surface area contributed by atoms with Crippen LogP contribution in [-0.2, 0) is 0 Å². The Morgan fingerprint density at radius 2 is 1.09 bits per heavy atom. The Balaban J connectivity index is 1.14. The molecule has 254 valence electrons. The van der Waals surface area contributed by atoms with Crippen molar-refractivity contribution in [3.05, 3.63) is 188 Å². The third kappa shape index (κ3) is 4.76. The standard InChI is InChI=1S/C49H31N3O2/c1-4-14-32(15-5-1)37-20-10-12-22-41(37)51(35-25-27-43-40(30-35)38-21-11-13-23-42(38)52(43)34-18-8-3-9-19-34)36-24-26-39-46(31-36)53-44-28-29-45-48(47(39)44)50-49(54-45)33-16-6-2-7-17-33/h1-31H. The van der Waals surface area contributed by atoms with Crippen molar-refractivity contribution in [1.29, 1.82) is 0 Å². The van der Waals surface area contributed by atoms with Crippen LogP contribution in [0.15, 0.2) is 197 Å². The molecule has 11 aromatic rings. The van der Waals surface area contributed by atoms with Crippen molar-refractivity contribution in [2.45, 2.75) is 0 Å². The predicted molar refractivity (Wildman–Crippen MR) is 221 cm³/mol. The Hall–Kier alpha value is -7.37. The van der Waals surface area contributed by atoms with Gasteiger partial charge in [0, 0.05) is 50.4 Å². The summed E-state index contributed by atoms with van der Waals surface area (Å²) in [5, 5.41) is 4.33. The molecule has 0 aliphatic rings. The highest BCUT2D eigenvalue weighted by atomic mass is 16.4. The van der Waals surface area contributed by atoms with Gasteiger partial charge in [-0.2, -0.15) is 0 Å². The lowest BCUT2D eigenvalue weighted by Gasteiger charge is -2.28. The van der Waals surface area contributed by atoms with Gasteiger partial charge in [-0.15, -0.1) is 0 Å². The largest absolute Gasteiger partial charge is 0.456 e. The molecule has 5 nitrogen and oxygen atoms in total. The van der Waals surface area contributed by atoms with Crippen LogP contribution in [0.2, 0.25) is 0 Å². The molecule has 0 saturated carbocycles. The van der Waals surface area contributed by atoms with E-state index in [2.05, 4.69) is 155 Å². The Morgan fingerprint density at radius 1 is 0.444 bits per heavy atom. The number of anilines is 3. The number of benzene rings is 8. The van der Waals surface area contributed by atoms with Crippen molar-refractivity contribution in [3.63, 3.8) is 0 Å². The summed E-state index contributed by atoms with van der Waals surface area (Å²) in [5.74, 6) is 0.594. The number of rotatable bonds is 6. The van der Waals surface area contributed by atoms with Gasteiger partial charge in [-0.3, -0.25) is 0 Å². The van der Waals surface area contributed by atoms with Crippen LogP contribution in [0, 0.1) is 0 Å². The van der Waals surface area contributed by atoms with Crippen LogP contribution in [-0.4, -0.2) is 9.55 Å². The maximum absolute atomic E-state index is 6.62. The molecule has 0 aliphatic carbocycles. The molecular formula is C49H31N3O2. The molecule has 0 N–H and O–H groups in total. The minimum absolute atomic E-state index is 0.594. The van der Waals surface area contributed by atoms with Gasteiger partial charge in [-0.1, -0.05) is 103 Å². The summed E-state index contributed by atoms with van der Waals surface area (Å²) >= 11 is 0. The molecule has 0 aliphatic heterocycles. The third-order valence-corrected chi connectivity index (χ3v) is 10.4. The molecule has 5 heteroatoms. The van der Waals surface area contributed by atoms with E-state index in [1.165, 1.54) is 16.3 Å². The van der Waals surface area contributed by atoms with E-state index < -0.39 is 0 Å². The minimum Gasteiger partial charge on any atom is -0.456 e. The van der Waals surface area contributed by atoms with Gasteiger partial charge >= 0.3 is 0 Å². The summed E-state index contributed by atoms with van der Waals surface area (Å²) in [6, 6.07) is 65.7. The molecule has 0 amide bonds. The highest BCUT2D eigenvalue weighted by molar-refractivity contribution is 6.17. The lowest BCUT2D eigenvalue weighted by Crippen LogP contribution is -2.11. The number of hydrogen-bond acceptors (Lipinski definition) is 4. The maximum atomic E-state index is 6.62. The van der Waals surface area contributed by atoms with E-state index in [-0.39, 0.29) is 0 Å². The summed E-state index contributed by atoms with van der Waals surface area (Å²) in [7, 11) is 0. The number of fused-ring (bicyclic) bond motifs is 8. The Bertz CT molecular complexity index is 3160. The monoisotopic (exact) mass is 693 g/mol. The molecule has 0 unspecified atom stereocenters. The summed E-state index contributed by atoms with van der Waals surface area (Å²) < 4.78 is 15.2. The number of oxazole rings is 1. The molecule has 11 rings (SSSR count). The molecule has 0 radical (unpaired) electrons. The fourth-order valence-corrected chi connectivity index (χ4v) is 8.00. The van der Waals surface area contributed by atoms with Crippen LogP contribution < -0.4 is 4.90 Å². The number of hydrogen-bond donors (Lipinski definition) is 0. The fourth-order valence-electron chi connectivity index (χ4n) is 8.00. The molecule has 54 heavy (non-hydrogen) atoms. The quantitative estimate of drug-likeness (QED) is 0.174. The summed E-state index contributed by atoms with van der Waals surface area (Å²) in [4.78, 5) is 7.32. The average Bonchev–Trinajstić information content (AvgIpc) is 3.94. The molecule has 0 bridgehead atoms. The Kier molecular flexibility index (Phi) is 6.79. The van der Waals surface area contributed by atoms with Gasteiger partial charge in [-0.05, 0) is 84.4 Å². The first-order chi connectivity index (χ1) is 26.8. The lowest BCUT2D eigenvalue weighted by atomic mass is 10.0. The van der Waals surface area contributed by atoms with E-state index in [9.17, 15) is 0 Å². The third-order valence-electron chi connectivity index (χ3n) is 10.4. The van der Waals surface area contributed by atoms with E-state index in [0.717, 1.165) is 78.0 Å². The second-order valence-corrected chi connectivity index (χ2v) is 13.6. The first-order valence-corrected chi connectivity index (χ1v) is 18.1. The number of nitrogens with zero attached hydrogens (tertiary/aromatic N) is 3. The van der Waals surface area contributed by atoms with Crippen molar-refractivity contribution in [2.24, 2.45) is 0 Å². The SMILES string of the molecule is c1ccc(-c2nc3c(ccc4oc5cc(N(c6ccc7c(c6)c6ccccc6n7-c6ccccc6)c6ccccc6-c6ccccc6)ccc5c43)o2)cc1. The van der Waals surface area contributed by atoms with Crippen LogP contribution in [0.3, 0.4) is 0 Å². The van der Waals surface area contributed by atoms with Crippen molar-refractivity contribution in [2.75, 3.05) is 4.90 Å². The second-order valence-electron chi connectivity index (χ2n) is 13.6. The van der Waals surface area contributed by atoms with Gasteiger partial charge in [0.05, 0.1) is 22.1 Å². The number of para-hydroxylation sites is 3. The molecule has 0 saturated heterocycles. The average molecular weight is 694 g/mol. The van der Waals surface area contributed by atoms with Gasteiger partial charge < -0.3 is 18.3 Å². The van der Waals surface area contributed by atoms with Crippen molar-refractivity contribution in [3.8, 4) is 28.3 Å².